The number of esters is 1. The Morgan fingerprint density at radius 2 is 2.20 bits per heavy atom. The van der Waals surface area contributed by atoms with Gasteiger partial charge in [0.05, 0.1) is 6.61 Å². The minimum Gasteiger partial charge on any atom is -0.451 e. The van der Waals surface area contributed by atoms with Gasteiger partial charge in [-0.05, 0) is 13.8 Å². The first-order valence-electron chi connectivity index (χ1n) is 6.06. The summed E-state index contributed by atoms with van der Waals surface area (Å²) in [5, 5.41) is 4.23. The van der Waals surface area contributed by atoms with Crippen LogP contribution in [0.25, 0.3) is 0 Å². The molecule has 1 aromatic rings. The molecule has 0 aliphatic heterocycles. The number of nitrogens with zero attached hydrogens (tertiary/aromatic N) is 1. The van der Waals surface area contributed by atoms with Gasteiger partial charge in [-0.2, -0.15) is 0 Å². The second-order valence-electron chi connectivity index (χ2n) is 4.15. The molecule has 8 heteroatoms. The van der Waals surface area contributed by atoms with Crippen LogP contribution in [0, 0.1) is 6.92 Å². The summed E-state index contributed by atoms with van der Waals surface area (Å²) in [5.41, 5.74) is 0.689. The average molecular weight is 302 g/mol. The Hall–Kier alpha value is -1.67. The maximum Gasteiger partial charge on any atom is 0.326 e. The van der Waals surface area contributed by atoms with Crippen LogP contribution in [0.2, 0.25) is 0 Å². The summed E-state index contributed by atoms with van der Waals surface area (Å²) in [6.07, 6.45) is -0.908. The Bertz CT molecular complexity index is 522. The van der Waals surface area contributed by atoms with Gasteiger partial charge in [-0.15, -0.1) is 0 Å². The molecular formula is C12H18N2O5S. The van der Waals surface area contributed by atoms with E-state index in [0.717, 1.165) is 11.3 Å². The molecule has 1 amide bonds. The molecule has 0 aromatic carbocycles. The third-order valence-electron chi connectivity index (χ3n) is 2.55. The number of carbonyl (C=O) groups is 2. The molecule has 1 N–H and O–H groups in total. The quantitative estimate of drug-likeness (QED) is 0.562. The smallest absolute Gasteiger partial charge is 0.326 e. The van der Waals surface area contributed by atoms with Crippen molar-refractivity contribution in [2.45, 2.75) is 26.5 Å². The number of aryl methyl sites for hydroxylation is 1. The summed E-state index contributed by atoms with van der Waals surface area (Å²) in [4.78, 5) is 34.5. The molecule has 1 aromatic heterocycles. The van der Waals surface area contributed by atoms with Crippen molar-refractivity contribution >= 4 is 23.2 Å². The molecule has 0 saturated heterocycles. The predicted molar refractivity (Wildman–Crippen MR) is 73.8 cm³/mol. The van der Waals surface area contributed by atoms with E-state index in [1.54, 1.807) is 12.3 Å². The highest BCUT2D eigenvalue weighted by Crippen LogP contribution is 2.01. The van der Waals surface area contributed by atoms with E-state index in [1.807, 2.05) is 0 Å². The number of nitrogens with one attached hydrogen (secondary N) is 1. The Kier molecular flexibility index (Phi) is 6.40. The minimum atomic E-state index is -0.908. The second-order valence-corrected chi connectivity index (χ2v) is 4.97. The van der Waals surface area contributed by atoms with Gasteiger partial charge in [-0.25, -0.2) is 0 Å². The van der Waals surface area contributed by atoms with Crippen LogP contribution in [-0.2, 0) is 25.6 Å². The van der Waals surface area contributed by atoms with Crippen molar-refractivity contribution in [1.82, 2.24) is 9.88 Å². The van der Waals surface area contributed by atoms with Gasteiger partial charge in [-0.1, -0.05) is 11.3 Å². The Balaban J connectivity index is 2.46. The van der Waals surface area contributed by atoms with Gasteiger partial charge in [0.25, 0.3) is 5.91 Å². The minimum absolute atomic E-state index is 0.191. The molecule has 20 heavy (non-hydrogen) atoms. The van der Waals surface area contributed by atoms with Crippen LogP contribution in [0.15, 0.2) is 10.2 Å². The Morgan fingerprint density at radius 1 is 1.50 bits per heavy atom. The van der Waals surface area contributed by atoms with E-state index in [0.29, 0.717) is 18.8 Å². The lowest BCUT2D eigenvalue weighted by Crippen LogP contribution is -2.38. The molecule has 7 nitrogen and oxygen atoms in total. The van der Waals surface area contributed by atoms with Crippen molar-refractivity contribution < 1.29 is 19.1 Å². The molecule has 0 aliphatic rings. The van der Waals surface area contributed by atoms with Gasteiger partial charge in [-0.3, -0.25) is 19.0 Å². The van der Waals surface area contributed by atoms with Gasteiger partial charge < -0.3 is 14.8 Å². The number of aromatic nitrogens is 1. The van der Waals surface area contributed by atoms with E-state index in [9.17, 15) is 14.4 Å². The van der Waals surface area contributed by atoms with E-state index in [2.05, 4.69) is 5.32 Å². The molecule has 0 bridgehead atoms. The van der Waals surface area contributed by atoms with Crippen LogP contribution in [0.5, 0.6) is 0 Å². The Morgan fingerprint density at radius 3 is 2.75 bits per heavy atom. The maximum absolute atomic E-state index is 11.7. The molecule has 1 rings (SSSR count). The topological polar surface area (TPSA) is 86.6 Å². The predicted octanol–water partition coefficient (Wildman–Crippen LogP) is -0.0875. The fourth-order valence-electron chi connectivity index (χ4n) is 1.43. The van der Waals surface area contributed by atoms with Crippen molar-refractivity contribution in [3.63, 3.8) is 0 Å². The third-order valence-corrected chi connectivity index (χ3v) is 3.43. The number of thiazole rings is 1. The normalized spacial score (nSPS) is 11.9. The van der Waals surface area contributed by atoms with Gasteiger partial charge >= 0.3 is 10.8 Å². The number of hydrogen-bond donors (Lipinski definition) is 1. The van der Waals surface area contributed by atoms with E-state index < -0.39 is 18.0 Å². The molecule has 0 spiro atoms. The van der Waals surface area contributed by atoms with Crippen molar-refractivity contribution in [1.29, 1.82) is 0 Å². The standard InChI is InChI=1S/C12H18N2O5S/c1-8-7-20-12(17)14(8)6-10(15)19-9(2)11(16)13-4-5-18-3/h7,9H,4-6H2,1-3H3,(H,13,16)/t9-/m1/s1. The first kappa shape index (κ1) is 16.4. The van der Waals surface area contributed by atoms with Crippen LogP contribution in [0.1, 0.15) is 12.6 Å². The van der Waals surface area contributed by atoms with Crippen molar-refractivity contribution in [3.05, 3.63) is 20.7 Å². The number of hydrogen-bond acceptors (Lipinski definition) is 6. The molecule has 0 radical (unpaired) electrons. The fraction of sp³-hybridized carbons (Fsp3) is 0.583. The highest BCUT2D eigenvalue weighted by molar-refractivity contribution is 7.07. The molecule has 112 valence electrons. The van der Waals surface area contributed by atoms with Crippen LogP contribution in [-0.4, -0.2) is 42.8 Å². The van der Waals surface area contributed by atoms with E-state index in [4.69, 9.17) is 9.47 Å². The van der Waals surface area contributed by atoms with Crippen molar-refractivity contribution in [2.75, 3.05) is 20.3 Å². The first-order valence-corrected chi connectivity index (χ1v) is 6.94. The maximum atomic E-state index is 11.7. The van der Waals surface area contributed by atoms with Crippen LogP contribution in [0.3, 0.4) is 0 Å². The Labute approximate surface area is 120 Å². The molecule has 0 saturated carbocycles. The third kappa shape index (κ3) is 4.78. The van der Waals surface area contributed by atoms with Gasteiger partial charge in [0.15, 0.2) is 6.10 Å². The van der Waals surface area contributed by atoms with Gasteiger partial charge in [0.2, 0.25) is 0 Å². The van der Waals surface area contributed by atoms with Crippen molar-refractivity contribution in [2.24, 2.45) is 0 Å². The van der Waals surface area contributed by atoms with E-state index >= 15 is 0 Å². The van der Waals surface area contributed by atoms with E-state index in [-0.39, 0.29) is 11.4 Å². The number of amides is 1. The SMILES string of the molecule is COCCNC(=O)[C@@H](C)OC(=O)Cn1c(C)csc1=O. The number of carbonyl (C=O) groups excluding carboxylic acids is 2. The first-order chi connectivity index (χ1) is 9.45. The molecule has 0 aliphatic carbocycles. The molecule has 0 unspecified atom stereocenters. The molecule has 1 heterocycles. The zero-order valence-electron chi connectivity index (χ0n) is 11.7. The number of rotatable bonds is 7. The second kappa shape index (κ2) is 7.81. The summed E-state index contributed by atoms with van der Waals surface area (Å²) in [6.45, 7) is 3.75. The zero-order chi connectivity index (χ0) is 15.1. The summed E-state index contributed by atoms with van der Waals surface area (Å²) in [7, 11) is 1.52. The summed E-state index contributed by atoms with van der Waals surface area (Å²) in [6, 6.07) is 0. The zero-order valence-corrected chi connectivity index (χ0v) is 12.5. The average Bonchev–Trinajstić information content (AvgIpc) is 2.70. The lowest BCUT2D eigenvalue weighted by molar-refractivity contribution is -0.155. The van der Waals surface area contributed by atoms with Gasteiger partial charge in [0.1, 0.15) is 6.54 Å². The largest absolute Gasteiger partial charge is 0.451 e. The summed E-state index contributed by atoms with van der Waals surface area (Å²) in [5.74, 6) is -1.02. The fourth-order valence-corrected chi connectivity index (χ4v) is 2.17. The van der Waals surface area contributed by atoms with Crippen LogP contribution >= 0.6 is 11.3 Å². The lowest BCUT2D eigenvalue weighted by Gasteiger charge is -2.13. The highest BCUT2D eigenvalue weighted by Gasteiger charge is 2.18. The van der Waals surface area contributed by atoms with Gasteiger partial charge in [0, 0.05) is 24.7 Å². The molecule has 1 atom stereocenters. The highest BCUT2D eigenvalue weighted by atomic mass is 32.1. The monoisotopic (exact) mass is 302 g/mol. The summed E-state index contributed by atoms with van der Waals surface area (Å²) < 4.78 is 11.1. The lowest BCUT2D eigenvalue weighted by atomic mass is 10.3. The molecule has 0 fully saturated rings. The number of methoxy groups -OCH3 is 1. The molecular weight excluding hydrogens is 284 g/mol. The van der Waals surface area contributed by atoms with E-state index in [1.165, 1.54) is 18.6 Å². The van der Waals surface area contributed by atoms with Crippen molar-refractivity contribution in [3.8, 4) is 0 Å². The number of ether oxygens (including phenoxy) is 2. The summed E-state index contributed by atoms with van der Waals surface area (Å²) >= 11 is 1.02. The van der Waals surface area contributed by atoms with Crippen LogP contribution < -0.4 is 10.2 Å². The van der Waals surface area contributed by atoms with Crippen LogP contribution in [0.4, 0.5) is 0 Å².